The highest BCUT2D eigenvalue weighted by atomic mass is 19.3. The molecule has 0 aliphatic rings. The summed E-state index contributed by atoms with van der Waals surface area (Å²) in [6.45, 7) is 4.40. The molecule has 1 atom stereocenters. The predicted molar refractivity (Wildman–Crippen MR) is 138 cm³/mol. The van der Waals surface area contributed by atoms with Gasteiger partial charge in [0.2, 0.25) is 5.92 Å². The van der Waals surface area contributed by atoms with Crippen LogP contribution in [0.25, 0.3) is 0 Å². The third kappa shape index (κ3) is 12.5. The van der Waals surface area contributed by atoms with E-state index in [4.69, 9.17) is 9.47 Å². The van der Waals surface area contributed by atoms with Crippen LogP contribution in [0.2, 0.25) is 0 Å². The summed E-state index contributed by atoms with van der Waals surface area (Å²) in [7, 11) is 0. The van der Waals surface area contributed by atoms with E-state index in [9.17, 15) is 23.5 Å². The topological polar surface area (TPSA) is 88.1 Å². The third-order valence-electron chi connectivity index (χ3n) is 5.74. The summed E-state index contributed by atoms with van der Waals surface area (Å²) in [6, 6.07) is 16.4. The summed E-state index contributed by atoms with van der Waals surface area (Å²) in [5.74, 6) is -3.08. The van der Waals surface area contributed by atoms with Crippen LogP contribution in [0.5, 0.6) is 5.75 Å². The molecule has 7 nitrogen and oxygen atoms in total. The minimum atomic E-state index is -2.67. The van der Waals surface area contributed by atoms with Crippen LogP contribution >= 0.6 is 0 Å². The molecule has 2 rings (SSSR count). The van der Waals surface area contributed by atoms with Crippen LogP contribution in [-0.4, -0.2) is 60.3 Å². The second-order valence-corrected chi connectivity index (χ2v) is 8.99. The van der Waals surface area contributed by atoms with Crippen molar-refractivity contribution >= 4 is 12.0 Å². The number of hydrogen-bond acceptors (Lipinski definition) is 4. The molecule has 37 heavy (non-hydrogen) atoms. The molecule has 0 aromatic heterocycles. The number of rotatable bonds is 17. The van der Waals surface area contributed by atoms with Gasteiger partial charge in [0.15, 0.2) is 6.10 Å². The van der Waals surface area contributed by atoms with Gasteiger partial charge in [0, 0.05) is 32.5 Å². The Morgan fingerprint density at radius 1 is 1.00 bits per heavy atom. The number of aliphatic carboxylic acids is 1. The minimum Gasteiger partial charge on any atom is -0.492 e. The largest absolute Gasteiger partial charge is 0.492 e. The van der Waals surface area contributed by atoms with Crippen molar-refractivity contribution in [2.45, 2.75) is 64.5 Å². The van der Waals surface area contributed by atoms with Gasteiger partial charge >= 0.3 is 12.0 Å². The number of carboxylic acid groups (broad SMARTS) is 1. The molecule has 2 amide bonds. The van der Waals surface area contributed by atoms with Gasteiger partial charge in [0.25, 0.3) is 0 Å². The zero-order valence-electron chi connectivity index (χ0n) is 21.6. The monoisotopic (exact) mass is 520 g/mol. The van der Waals surface area contributed by atoms with Gasteiger partial charge in [-0.25, -0.2) is 18.4 Å². The standard InChI is InChI=1S/C28H38F2N2O5/c1-3-36-25(26(33)34)20-22-12-14-24(15-13-22)37-19-18-32(17-9-5-8-16-28(2,29)30)27(35)31-21-23-10-6-4-7-11-23/h4,6-7,10-15,25H,3,5,8-9,16-21H2,1-2H3,(H,31,35)(H,33,34). The molecule has 0 fully saturated rings. The highest BCUT2D eigenvalue weighted by Gasteiger charge is 2.20. The molecule has 0 aliphatic heterocycles. The summed E-state index contributed by atoms with van der Waals surface area (Å²) < 4.78 is 37.2. The Morgan fingerprint density at radius 2 is 1.70 bits per heavy atom. The number of ether oxygens (including phenoxy) is 2. The number of urea groups is 1. The van der Waals surface area contributed by atoms with Crippen LogP contribution in [0.4, 0.5) is 13.6 Å². The minimum absolute atomic E-state index is 0.163. The SMILES string of the molecule is CCOC(Cc1ccc(OCCN(CCCCCC(C)(F)F)C(=O)NCc2ccccc2)cc1)C(=O)O. The van der Waals surface area contributed by atoms with E-state index >= 15 is 0 Å². The number of hydrogen-bond donors (Lipinski definition) is 2. The maximum Gasteiger partial charge on any atom is 0.333 e. The first-order valence-electron chi connectivity index (χ1n) is 12.7. The Kier molecular flexibility index (Phi) is 12.8. The zero-order chi connectivity index (χ0) is 27.1. The highest BCUT2D eigenvalue weighted by molar-refractivity contribution is 5.74. The van der Waals surface area contributed by atoms with Crippen molar-refractivity contribution in [2.24, 2.45) is 0 Å². The summed E-state index contributed by atoms with van der Waals surface area (Å²) >= 11 is 0. The molecule has 1 unspecified atom stereocenters. The number of halogens is 2. The summed E-state index contributed by atoms with van der Waals surface area (Å²) in [4.78, 5) is 25.7. The van der Waals surface area contributed by atoms with E-state index < -0.39 is 18.0 Å². The first-order valence-corrected chi connectivity index (χ1v) is 12.7. The second kappa shape index (κ2) is 15.8. The molecule has 0 heterocycles. The maximum atomic E-state index is 13.1. The lowest BCUT2D eigenvalue weighted by molar-refractivity contribution is -0.149. The average Bonchev–Trinajstić information content (AvgIpc) is 2.86. The number of unbranched alkanes of at least 4 members (excludes halogenated alkanes) is 2. The van der Waals surface area contributed by atoms with E-state index in [0.717, 1.165) is 18.1 Å². The lowest BCUT2D eigenvalue weighted by Crippen LogP contribution is -2.42. The molecule has 2 aromatic carbocycles. The van der Waals surface area contributed by atoms with Gasteiger partial charge in [-0.3, -0.25) is 0 Å². The summed E-state index contributed by atoms with van der Waals surface area (Å²) in [6.07, 6.45) is 0.815. The number of benzene rings is 2. The number of carbonyl (C=O) groups is 2. The zero-order valence-corrected chi connectivity index (χ0v) is 21.6. The van der Waals surface area contributed by atoms with Gasteiger partial charge in [-0.15, -0.1) is 0 Å². The number of nitrogens with zero attached hydrogens (tertiary/aromatic N) is 1. The fourth-order valence-electron chi connectivity index (χ4n) is 3.74. The van der Waals surface area contributed by atoms with Gasteiger partial charge in [-0.2, -0.15) is 0 Å². The molecule has 0 aliphatic carbocycles. The molecule has 204 valence electrons. The molecular formula is C28H38F2N2O5. The average molecular weight is 521 g/mol. The Morgan fingerprint density at radius 3 is 2.32 bits per heavy atom. The Labute approximate surface area is 217 Å². The first-order chi connectivity index (χ1) is 17.7. The van der Waals surface area contributed by atoms with E-state index in [1.165, 1.54) is 0 Å². The molecule has 2 aromatic rings. The Hall–Kier alpha value is -3.20. The Bertz CT molecular complexity index is 936. The van der Waals surface area contributed by atoms with Crippen LogP contribution in [-0.2, 0) is 22.5 Å². The van der Waals surface area contributed by atoms with Crippen molar-refractivity contribution in [3.8, 4) is 5.75 Å². The maximum absolute atomic E-state index is 13.1. The molecule has 0 radical (unpaired) electrons. The van der Waals surface area contributed by atoms with Crippen molar-refractivity contribution in [1.29, 1.82) is 0 Å². The smallest absolute Gasteiger partial charge is 0.333 e. The fraction of sp³-hybridized carbons (Fsp3) is 0.500. The molecule has 0 saturated carbocycles. The number of nitrogens with one attached hydrogen (secondary N) is 1. The molecular weight excluding hydrogens is 482 g/mol. The molecule has 0 bridgehead atoms. The van der Waals surface area contributed by atoms with E-state index in [-0.39, 0.29) is 25.5 Å². The van der Waals surface area contributed by atoms with Crippen LogP contribution in [0.1, 0.15) is 50.7 Å². The van der Waals surface area contributed by atoms with Crippen molar-refractivity contribution < 1.29 is 33.0 Å². The molecule has 0 spiro atoms. The van der Waals surface area contributed by atoms with Gasteiger partial charge in [0.05, 0.1) is 6.54 Å². The van der Waals surface area contributed by atoms with E-state index in [1.54, 1.807) is 36.1 Å². The van der Waals surface area contributed by atoms with Gasteiger partial charge in [-0.1, -0.05) is 48.9 Å². The number of carboxylic acids is 1. The number of amides is 2. The second-order valence-electron chi connectivity index (χ2n) is 8.99. The van der Waals surface area contributed by atoms with Crippen molar-refractivity contribution in [2.75, 3.05) is 26.3 Å². The summed E-state index contributed by atoms with van der Waals surface area (Å²) in [5.41, 5.74) is 1.79. The van der Waals surface area contributed by atoms with Crippen LogP contribution in [0, 0.1) is 0 Å². The molecule has 9 heteroatoms. The first kappa shape index (κ1) is 30.0. The van der Waals surface area contributed by atoms with E-state index in [1.807, 2.05) is 30.3 Å². The Balaban J connectivity index is 1.87. The lowest BCUT2D eigenvalue weighted by Gasteiger charge is -2.23. The highest BCUT2D eigenvalue weighted by Crippen LogP contribution is 2.20. The van der Waals surface area contributed by atoms with Crippen LogP contribution in [0.15, 0.2) is 54.6 Å². The quantitative estimate of drug-likeness (QED) is 0.268. The van der Waals surface area contributed by atoms with E-state index in [0.29, 0.717) is 51.3 Å². The number of alkyl halides is 2. The lowest BCUT2D eigenvalue weighted by atomic mass is 10.1. The fourth-order valence-corrected chi connectivity index (χ4v) is 3.74. The van der Waals surface area contributed by atoms with Crippen LogP contribution in [0.3, 0.4) is 0 Å². The van der Waals surface area contributed by atoms with E-state index in [2.05, 4.69) is 5.32 Å². The van der Waals surface area contributed by atoms with Gasteiger partial charge < -0.3 is 24.8 Å². The van der Waals surface area contributed by atoms with Crippen molar-refractivity contribution in [1.82, 2.24) is 10.2 Å². The van der Waals surface area contributed by atoms with Gasteiger partial charge in [0.1, 0.15) is 12.4 Å². The normalized spacial score (nSPS) is 12.1. The molecule has 2 N–H and O–H groups in total. The number of carbonyl (C=O) groups excluding carboxylic acids is 1. The summed E-state index contributed by atoms with van der Waals surface area (Å²) in [5, 5.41) is 12.2. The van der Waals surface area contributed by atoms with Crippen molar-refractivity contribution in [3.05, 3.63) is 65.7 Å². The van der Waals surface area contributed by atoms with Crippen molar-refractivity contribution in [3.63, 3.8) is 0 Å². The predicted octanol–water partition coefficient (Wildman–Crippen LogP) is 5.53. The molecule has 0 saturated heterocycles. The van der Waals surface area contributed by atoms with Crippen LogP contribution < -0.4 is 10.1 Å². The third-order valence-corrected chi connectivity index (χ3v) is 5.74. The van der Waals surface area contributed by atoms with Gasteiger partial charge in [-0.05, 0) is 49.9 Å².